The number of nitro groups is 1. The maximum atomic E-state index is 14.6. The van der Waals surface area contributed by atoms with Crippen LogP contribution in [0.2, 0.25) is 0 Å². The highest BCUT2D eigenvalue weighted by molar-refractivity contribution is 7.90. The Kier molecular flexibility index (Phi) is 11.7. The number of benzene rings is 3. The molecule has 3 aromatic carbocycles. The van der Waals surface area contributed by atoms with E-state index in [9.17, 15) is 32.8 Å². The molecule has 1 amide bonds. The number of ether oxygens (including phenoxy) is 2. The predicted molar refractivity (Wildman–Crippen MR) is 247 cm³/mol. The highest BCUT2D eigenvalue weighted by Crippen LogP contribution is 2.54. The van der Waals surface area contributed by atoms with Gasteiger partial charge >= 0.3 is 0 Å². The maximum absolute atomic E-state index is 14.6. The summed E-state index contributed by atoms with van der Waals surface area (Å²) in [6, 6.07) is 18.1. The number of halogens is 1. The maximum Gasteiger partial charge on any atom is 0.297 e. The zero-order valence-corrected chi connectivity index (χ0v) is 38.0. The summed E-state index contributed by atoms with van der Waals surface area (Å²) in [5.74, 6) is -0.860. The van der Waals surface area contributed by atoms with E-state index in [1.807, 2.05) is 0 Å². The monoisotopic (exact) mass is 921 g/mol. The number of fused-ring (bicyclic) bond motifs is 2. The number of anilines is 2. The number of aromatic nitrogens is 2. The Morgan fingerprint density at radius 2 is 1.82 bits per heavy atom. The van der Waals surface area contributed by atoms with Crippen molar-refractivity contribution in [2.45, 2.75) is 113 Å². The fourth-order valence-electron chi connectivity index (χ4n) is 11.4. The predicted octanol–water partition coefficient (Wildman–Crippen LogP) is 8.95. The van der Waals surface area contributed by atoms with Crippen LogP contribution in [0.3, 0.4) is 0 Å². The number of carbonyl (C=O) groups is 1. The number of pyridine rings is 1. The standard InChI is InChI=1S/C49H56FN7O8S/c1-29(2)36-6-3-4-7-37(36)42-8-5-17-56(42)32-24-49(25-32)15-18-55(19-16-49)31-11-14-38(44(20-31)65-34-21-39-40(50)27-52-47(39)51-26-34)48(59)54-66(62,63)35-22-43(57(60)61)46-45(23-35)64-28-41(53-46)30-9-12-33(58)13-10-30/h3-4,6-7,11,14,20-23,26-27,29-30,32-33,41-42,53,58H,5,8-10,12-13,15-19,24-25,28H2,1-2H3,(H,51,52)(H,54,59)/t30?,33?,41-,42-/m0/s1. The Morgan fingerprint density at radius 3 is 2.58 bits per heavy atom. The number of nitro benzene ring substituents is 1. The quantitative estimate of drug-likeness (QED) is 0.0728. The molecule has 5 aliphatic rings. The third-order valence-electron chi connectivity index (χ3n) is 15.0. The molecule has 2 aromatic heterocycles. The number of piperidine rings is 1. The normalized spacial score (nSPS) is 23.3. The molecule has 5 heterocycles. The number of hydrogen-bond acceptors (Lipinski definition) is 12. The summed E-state index contributed by atoms with van der Waals surface area (Å²) in [6.07, 6.45) is 11.6. The average molecular weight is 922 g/mol. The Balaban J connectivity index is 0.865. The number of hydrogen-bond donors (Lipinski definition) is 4. The third-order valence-corrected chi connectivity index (χ3v) is 16.3. The number of aliphatic hydroxyl groups excluding tert-OH is 1. The van der Waals surface area contributed by atoms with Crippen molar-refractivity contribution in [3.8, 4) is 17.2 Å². The van der Waals surface area contributed by atoms with E-state index in [0.717, 1.165) is 69.9 Å². The second-order valence-electron chi connectivity index (χ2n) is 19.4. The summed E-state index contributed by atoms with van der Waals surface area (Å²) >= 11 is 0. The minimum absolute atomic E-state index is 0.0215. The lowest BCUT2D eigenvalue weighted by atomic mass is 9.59. The average Bonchev–Trinajstić information content (AvgIpc) is 3.94. The number of sulfonamides is 1. The summed E-state index contributed by atoms with van der Waals surface area (Å²) in [6.45, 7) is 7.39. The van der Waals surface area contributed by atoms with Crippen LogP contribution in [-0.2, 0) is 10.0 Å². The molecule has 2 saturated heterocycles. The van der Waals surface area contributed by atoms with Crippen LogP contribution in [0.15, 0.2) is 78.0 Å². The van der Waals surface area contributed by atoms with Crippen LogP contribution in [0.25, 0.3) is 11.0 Å². The van der Waals surface area contributed by atoms with Crippen LogP contribution in [0.1, 0.15) is 112 Å². The second-order valence-corrected chi connectivity index (χ2v) is 21.0. The van der Waals surface area contributed by atoms with Crippen LogP contribution in [-0.4, -0.2) is 83.7 Å². The lowest BCUT2D eigenvalue weighted by Gasteiger charge is -2.56. The molecule has 1 spiro atoms. The molecule has 17 heteroatoms. The lowest BCUT2D eigenvalue weighted by Crippen LogP contribution is -2.54. The molecule has 4 fully saturated rings. The molecule has 66 heavy (non-hydrogen) atoms. The van der Waals surface area contributed by atoms with Crippen LogP contribution in [0.5, 0.6) is 17.2 Å². The molecule has 4 N–H and O–H groups in total. The summed E-state index contributed by atoms with van der Waals surface area (Å²) in [4.78, 5) is 37.2. The zero-order valence-electron chi connectivity index (χ0n) is 37.2. The number of nitrogens with zero attached hydrogens (tertiary/aromatic N) is 4. The van der Waals surface area contributed by atoms with Crippen molar-refractivity contribution in [2.24, 2.45) is 11.3 Å². The van der Waals surface area contributed by atoms with E-state index >= 15 is 0 Å². The molecular weight excluding hydrogens is 866 g/mol. The first-order valence-corrected chi connectivity index (χ1v) is 24.7. The van der Waals surface area contributed by atoms with Gasteiger partial charge in [0, 0.05) is 55.3 Å². The smallest absolute Gasteiger partial charge is 0.297 e. The van der Waals surface area contributed by atoms with Crippen molar-refractivity contribution in [3.05, 3.63) is 106 Å². The van der Waals surface area contributed by atoms with Gasteiger partial charge in [0.15, 0.2) is 11.4 Å². The van der Waals surface area contributed by atoms with Gasteiger partial charge in [-0.2, -0.15) is 0 Å². The molecule has 0 unspecified atom stereocenters. The number of likely N-dealkylation sites (tertiary alicyclic amines) is 1. The van der Waals surface area contributed by atoms with Crippen molar-refractivity contribution in [2.75, 3.05) is 36.5 Å². The Hall–Kier alpha value is -5.78. The number of H-pyrrole nitrogens is 1. The van der Waals surface area contributed by atoms with E-state index < -0.39 is 37.3 Å². The van der Waals surface area contributed by atoms with Crippen LogP contribution in [0, 0.1) is 27.3 Å². The van der Waals surface area contributed by atoms with E-state index in [1.54, 1.807) is 12.1 Å². The summed E-state index contributed by atoms with van der Waals surface area (Å²) < 4.78 is 56.8. The van der Waals surface area contributed by atoms with Gasteiger partial charge in [0.1, 0.15) is 29.6 Å². The second kappa shape index (κ2) is 17.5. The van der Waals surface area contributed by atoms with Gasteiger partial charge in [-0.05, 0) is 117 Å². The molecule has 348 valence electrons. The van der Waals surface area contributed by atoms with Gasteiger partial charge in [-0.15, -0.1) is 0 Å². The van der Waals surface area contributed by atoms with Crippen molar-refractivity contribution < 1.29 is 37.1 Å². The minimum atomic E-state index is -4.71. The van der Waals surface area contributed by atoms with Gasteiger partial charge in [-0.25, -0.2) is 22.5 Å². The van der Waals surface area contributed by atoms with Gasteiger partial charge in [0.05, 0.1) is 39.1 Å². The molecule has 0 radical (unpaired) electrons. The highest BCUT2D eigenvalue weighted by Gasteiger charge is 2.50. The first kappa shape index (κ1) is 44.1. The first-order chi connectivity index (χ1) is 31.7. The van der Waals surface area contributed by atoms with Crippen molar-refractivity contribution in [1.82, 2.24) is 19.6 Å². The molecule has 15 nitrogen and oxygen atoms in total. The van der Waals surface area contributed by atoms with Gasteiger partial charge in [0.2, 0.25) is 0 Å². The lowest BCUT2D eigenvalue weighted by molar-refractivity contribution is -0.384. The zero-order chi connectivity index (χ0) is 45.9. The van der Waals surface area contributed by atoms with Crippen LogP contribution in [0.4, 0.5) is 21.5 Å². The topological polar surface area (TPSA) is 192 Å². The molecule has 2 aliphatic carbocycles. The Morgan fingerprint density at radius 1 is 1.05 bits per heavy atom. The van der Waals surface area contributed by atoms with Gasteiger partial charge in [-0.3, -0.25) is 19.8 Å². The number of nitrogens with one attached hydrogen (secondary N) is 3. The van der Waals surface area contributed by atoms with E-state index in [1.165, 1.54) is 54.6 Å². The largest absolute Gasteiger partial charge is 0.489 e. The molecule has 2 atom stereocenters. The van der Waals surface area contributed by atoms with Crippen molar-refractivity contribution >= 4 is 44.0 Å². The molecule has 2 saturated carbocycles. The fraction of sp³-hybridized carbons (Fsp3) is 0.469. The third kappa shape index (κ3) is 8.45. The molecule has 0 bridgehead atoms. The first-order valence-electron chi connectivity index (χ1n) is 23.3. The van der Waals surface area contributed by atoms with E-state index in [0.29, 0.717) is 36.5 Å². The number of aromatic amines is 1. The molecule has 5 aromatic rings. The van der Waals surface area contributed by atoms with Crippen molar-refractivity contribution in [3.63, 3.8) is 0 Å². The van der Waals surface area contributed by atoms with Crippen LogP contribution < -0.4 is 24.4 Å². The molecular formula is C49H56FN7O8S. The highest BCUT2D eigenvalue weighted by atomic mass is 32.2. The summed E-state index contributed by atoms with van der Waals surface area (Å²) in [7, 11) is -4.71. The molecule has 10 rings (SSSR count). The van der Waals surface area contributed by atoms with Gasteiger partial charge in [0.25, 0.3) is 21.6 Å². The fourth-order valence-corrected chi connectivity index (χ4v) is 12.4. The number of amides is 1. The Labute approximate surface area is 383 Å². The SMILES string of the molecule is CC(C)c1ccccc1[C@@H]1CCCN1C1CC2(CCN(c3ccc(C(=O)NS(=O)(=O)c4cc5c(c([N+](=O)[O-])c4)N[C@H](C4CCC(O)CC4)CO5)c(Oc4cnc5[nH]cc(F)c5c4)c3)CC2)C1. The Bertz CT molecular complexity index is 2780. The summed E-state index contributed by atoms with van der Waals surface area (Å²) in [5.41, 5.74) is 3.69. The van der Waals surface area contributed by atoms with Gasteiger partial charge in [-0.1, -0.05) is 38.1 Å². The number of aliphatic hydroxyl groups is 1. The van der Waals surface area contributed by atoms with Gasteiger partial charge < -0.3 is 29.8 Å². The minimum Gasteiger partial charge on any atom is -0.489 e. The van der Waals surface area contributed by atoms with E-state index in [4.69, 9.17) is 9.47 Å². The van der Waals surface area contributed by atoms with E-state index in [-0.39, 0.29) is 64.0 Å². The number of carbonyl (C=O) groups excluding carboxylic acids is 1. The van der Waals surface area contributed by atoms with Crippen molar-refractivity contribution in [1.29, 1.82) is 0 Å². The van der Waals surface area contributed by atoms with Crippen LogP contribution >= 0.6 is 0 Å². The van der Waals surface area contributed by atoms with E-state index in [2.05, 4.69) is 67.9 Å². The number of rotatable bonds is 11. The molecule has 3 aliphatic heterocycles. The summed E-state index contributed by atoms with van der Waals surface area (Å²) in [5, 5.41) is 25.7.